The molecule has 0 aromatic heterocycles. The molecule has 1 unspecified atom stereocenters. The van der Waals surface area contributed by atoms with Gasteiger partial charge in [0.15, 0.2) is 0 Å². The maximum absolute atomic E-state index is 12.6. The quantitative estimate of drug-likeness (QED) is 0.799. The molecule has 0 aliphatic rings. The Bertz CT molecular complexity index is 558. The van der Waals surface area contributed by atoms with Gasteiger partial charge in [0.25, 0.3) is 0 Å². The van der Waals surface area contributed by atoms with E-state index in [1.165, 1.54) is 4.31 Å². The third kappa shape index (κ3) is 4.18. The van der Waals surface area contributed by atoms with Crippen molar-refractivity contribution in [1.82, 2.24) is 4.31 Å². The van der Waals surface area contributed by atoms with E-state index in [9.17, 15) is 8.42 Å². The summed E-state index contributed by atoms with van der Waals surface area (Å²) in [5.74, 6) is 0.657. The zero-order valence-electron chi connectivity index (χ0n) is 13.3. The van der Waals surface area contributed by atoms with Crippen LogP contribution in [0.2, 0.25) is 0 Å². The molecule has 1 rings (SSSR count). The van der Waals surface area contributed by atoms with Crippen LogP contribution in [0.25, 0.3) is 0 Å². The fraction of sp³-hybridized carbons (Fsp3) is 0.600. The van der Waals surface area contributed by atoms with Crippen molar-refractivity contribution in [2.45, 2.75) is 51.1 Å². The van der Waals surface area contributed by atoms with Gasteiger partial charge < -0.3 is 10.5 Å². The van der Waals surface area contributed by atoms with E-state index in [2.05, 4.69) is 0 Å². The third-order valence-electron chi connectivity index (χ3n) is 3.60. The first-order valence-electron chi connectivity index (χ1n) is 7.32. The van der Waals surface area contributed by atoms with E-state index >= 15 is 0 Å². The van der Waals surface area contributed by atoms with Gasteiger partial charge >= 0.3 is 0 Å². The van der Waals surface area contributed by atoms with Gasteiger partial charge in [0, 0.05) is 25.2 Å². The summed E-state index contributed by atoms with van der Waals surface area (Å²) < 4.78 is 32.1. The minimum absolute atomic E-state index is 0.0488. The Labute approximate surface area is 128 Å². The molecule has 0 heterocycles. The van der Waals surface area contributed by atoms with Gasteiger partial charge in [0.2, 0.25) is 10.0 Å². The molecule has 0 bridgehead atoms. The van der Waals surface area contributed by atoms with E-state index in [0.29, 0.717) is 17.9 Å². The number of hydrogen-bond donors (Lipinski definition) is 1. The van der Waals surface area contributed by atoms with Gasteiger partial charge in [-0.15, -0.1) is 0 Å². The van der Waals surface area contributed by atoms with Crippen LogP contribution in [0.1, 0.15) is 39.2 Å². The van der Waals surface area contributed by atoms with Crippen LogP contribution >= 0.6 is 0 Å². The average Bonchev–Trinajstić information content (AvgIpc) is 2.50. The van der Waals surface area contributed by atoms with Crippen molar-refractivity contribution in [2.75, 3.05) is 13.7 Å². The summed E-state index contributed by atoms with van der Waals surface area (Å²) in [5, 5.41) is 0. The third-order valence-corrected chi connectivity index (χ3v) is 5.57. The molecule has 2 N–H and O–H groups in total. The number of benzene rings is 1. The predicted molar refractivity (Wildman–Crippen MR) is 84.8 cm³/mol. The Morgan fingerprint density at radius 1 is 1.33 bits per heavy atom. The molecule has 1 aromatic rings. The van der Waals surface area contributed by atoms with Gasteiger partial charge in [-0.05, 0) is 38.0 Å². The first kappa shape index (κ1) is 17.9. The molecule has 0 saturated heterocycles. The van der Waals surface area contributed by atoms with E-state index < -0.39 is 10.0 Å². The SMILES string of the molecule is CCCOc1ccc(S(=O)(=O)N(C)C(C)CC)cc1CN. The zero-order chi connectivity index (χ0) is 16.0. The molecule has 0 saturated carbocycles. The minimum atomic E-state index is -3.50. The second kappa shape index (κ2) is 7.77. The first-order chi connectivity index (χ1) is 9.88. The maximum Gasteiger partial charge on any atom is 0.243 e. The highest BCUT2D eigenvalue weighted by Gasteiger charge is 2.25. The molecule has 0 aliphatic heterocycles. The highest BCUT2D eigenvalue weighted by atomic mass is 32.2. The molecule has 0 aliphatic carbocycles. The van der Waals surface area contributed by atoms with Crippen molar-refractivity contribution in [3.8, 4) is 5.75 Å². The first-order valence-corrected chi connectivity index (χ1v) is 8.76. The van der Waals surface area contributed by atoms with E-state index in [-0.39, 0.29) is 17.5 Å². The smallest absolute Gasteiger partial charge is 0.243 e. The normalized spacial score (nSPS) is 13.4. The van der Waals surface area contributed by atoms with Crippen LogP contribution in [0.3, 0.4) is 0 Å². The maximum atomic E-state index is 12.6. The standard InChI is InChI=1S/C15H26N2O3S/c1-5-9-20-15-8-7-14(10-13(15)11-16)21(18,19)17(4)12(3)6-2/h7-8,10,12H,5-6,9,11,16H2,1-4H3. The zero-order valence-corrected chi connectivity index (χ0v) is 14.1. The molecule has 5 nitrogen and oxygen atoms in total. The fourth-order valence-electron chi connectivity index (χ4n) is 1.89. The molecule has 0 spiro atoms. The molecule has 1 aromatic carbocycles. The summed E-state index contributed by atoms with van der Waals surface area (Å²) in [6.45, 7) is 6.70. The molecular weight excluding hydrogens is 288 g/mol. The van der Waals surface area contributed by atoms with Crippen molar-refractivity contribution < 1.29 is 13.2 Å². The van der Waals surface area contributed by atoms with Crippen LogP contribution < -0.4 is 10.5 Å². The monoisotopic (exact) mass is 314 g/mol. The summed E-state index contributed by atoms with van der Waals surface area (Å²) in [4.78, 5) is 0.259. The van der Waals surface area contributed by atoms with Crippen LogP contribution in [0.4, 0.5) is 0 Å². The molecule has 6 heteroatoms. The second-order valence-electron chi connectivity index (χ2n) is 5.10. The lowest BCUT2D eigenvalue weighted by atomic mass is 10.2. The average molecular weight is 314 g/mol. The lowest BCUT2D eigenvalue weighted by molar-refractivity contribution is 0.314. The van der Waals surface area contributed by atoms with Gasteiger partial charge in [-0.25, -0.2) is 8.42 Å². The highest BCUT2D eigenvalue weighted by molar-refractivity contribution is 7.89. The lowest BCUT2D eigenvalue weighted by Gasteiger charge is -2.23. The van der Waals surface area contributed by atoms with E-state index in [4.69, 9.17) is 10.5 Å². The van der Waals surface area contributed by atoms with Crippen molar-refractivity contribution >= 4 is 10.0 Å². The fourth-order valence-corrected chi connectivity index (χ4v) is 3.38. The number of ether oxygens (including phenoxy) is 1. The summed E-state index contributed by atoms with van der Waals surface area (Å²) in [6.07, 6.45) is 1.65. The second-order valence-corrected chi connectivity index (χ2v) is 7.10. The van der Waals surface area contributed by atoms with Gasteiger partial charge in [-0.3, -0.25) is 0 Å². The van der Waals surface area contributed by atoms with Crippen LogP contribution in [0.15, 0.2) is 23.1 Å². The van der Waals surface area contributed by atoms with E-state index in [1.807, 2.05) is 20.8 Å². The molecule has 1 atom stereocenters. The van der Waals surface area contributed by atoms with E-state index in [0.717, 1.165) is 12.8 Å². The number of nitrogens with zero attached hydrogens (tertiary/aromatic N) is 1. The summed E-state index contributed by atoms with van der Waals surface area (Å²) in [7, 11) is -1.89. The van der Waals surface area contributed by atoms with Crippen molar-refractivity contribution in [1.29, 1.82) is 0 Å². The number of nitrogens with two attached hydrogens (primary N) is 1. The summed E-state index contributed by atoms with van der Waals surface area (Å²) in [5.41, 5.74) is 6.42. The number of hydrogen-bond acceptors (Lipinski definition) is 4. The molecule has 0 amide bonds. The Kier molecular flexibility index (Phi) is 6.64. The van der Waals surface area contributed by atoms with E-state index in [1.54, 1.807) is 25.2 Å². The Morgan fingerprint density at radius 2 is 2.00 bits per heavy atom. The van der Waals surface area contributed by atoms with Crippen molar-refractivity contribution in [3.63, 3.8) is 0 Å². The minimum Gasteiger partial charge on any atom is -0.493 e. The van der Waals surface area contributed by atoms with Gasteiger partial charge in [0.05, 0.1) is 11.5 Å². The van der Waals surface area contributed by atoms with Crippen LogP contribution in [-0.2, 0) is 16.6 Å². The molecule has 21 heavy (non-hydrogen) atoms. The Hall–Kier alpha value is -1.11. The van der Waals surface area contributed by atoms with Crippen molar-refractivity contribution in [3.05, 3.63) is 23.8 Å². The molecule has 0 radical (unpaired) electrons. The molecular formula is C15H26N2O3S. The van der Waals surface area contributed by atoms with Crippen LogP contribution in [-0.4, -0.2) is 32.4 Å². The van der Waals surface area contributed by atoms with Crippen LogP contribution in [0, 0.1) is 0 Å². The van der Waals surface area contributed by atoms with Crippen molar-refractivity contribution in [2.24, 2.45) is 5.73 Å². The van der Waals surface area contributed by atoms with Gasteiger partial charge in [0.1, 0.15) is 5.75 Å². The topological polar surface area (TPSA) is 72.6 Å². The number of rotatable bonds is 8. The lowest BCUT2D eigenvalue weighted by Crippen LogP contribution is -2.34. The number of sulfonamides is 1. The molecule has 0 fully saturated rings. The summed E-state index contributed by atoms with van der Waals surface area (Å²) in [6, 6.07) is 4.83. The Balaban J connectivity index is 3.14. The summed E-state index contributed by atoms with van der Waals surface area (Å²) >= 11 is 0. The van der Waals surface area contributed by atoms with Gasteiger partial charge in [-0.1, -0.05) is 13.8 Å². The largest absolute Gasteiger partial charge is 0.493 e. The van der Waals surface area contributed by atoms with Gasteiger partial charge in [-0.2, -0.15) is 4.31 Å². The molecule has 120 valence electrons. The highest BCUT2D eigenvalue weighted by Crippen LogP contribution is 2.25. The predicted octanol–water partition coefficient (Wildman–Crippen LogP) is 2.35. The van der Waals surface area contributed by atoms with Crippen LogP contribution in [0.5, 0.6) is 5.75 Å². The Morgan fingerprint density at radius 3 is 2.52 bits per heavy atom.